The van der Waals surface area contributed by atoms with Crippen molar-refractivity contribution in [1.29, 1.82) is 0 Å². The summed E-state index contributed by atoms with van der Waals surface area (Å²) in [6.45, 7) is 1.59. The van der Waals surface area contributed by atoms with E-state index in [1.165, 1.54) is 24.9 Å². The Labute approximate surface area is 252 Å². The predicted octanol–water partition coefficient (Wildman–Crippen LogP) is 0.854. The lowest BCUT2D eigenvalue weighted by Gasteiger charge is -2.27. The van der Waals surface area contributed by atoms with Crippen molar-refractivity contribution in [2.24, 2.45) is 0 Å². The summed E-state index contributed by atoms with van der Waals surface area (Å²) in [5.74, 6) is -1.41. The van der Waals surface area contributed by atoms with Gasteiger partial charge in [0.1, 0.15) is 24.4 Å². The van der Waals surface area contributed by atoms with Gasteiger partial charge < -0.3 is 34.9 Å². The molecule has 1 fully saturated rings. The van der Waals surface area contributed by atoms with E-state index in [4.69, 9.17) is 33.7 Å². The number of fused-ring (bicyclic) bond motifs is 1. The third-order valence-electron chi connectivity index (χ3n) is 6.55. The molecule has 17 nitrogen and oxygen atoms in total. The molecule has 1 aliphatic heterocycles. The number of imidazole rings is 1. The van der Waals surface area contributed by atoms with Crippen LogP contribution in [0.25, 0.3) is 11.2 Å². The average Bonchev–Trinajstić information content (AvgIpc) is 3.51. The Hall–Kier alpha value is -3.70. The third kappa shape index (κ3) is 7.87. The molecule has 2 aromatic heterocycles. The summed E-state index contributed by atoms with van der Waals surface area (Å²) in [4.78, 5) is 36.4. The van der Waals surface area contributed by atoms with Crippen LogP contribution in [0.3, 0.4) is 0 Å². The topological polar surface area (TPSA) is 229 Å². The van der Waals surface area contributed by atoms with Gasteiger partial charge in [-0.3, -0.25) is 18.4 Å². The van der Waals surface area contributed by atoms with Gasteiger partial charge in [-0.05, 0) is 19.4 Å². The number of nitrogens with one attached hydrogen (secondary N) is 1. The molecule has 4 rings (SSSR count). The lowest BCUT2D eigenvalue weighted by atomic mass is 9.96. The summed E-state index contributed by atoms with van der Waals surface area (Å²) in [6, 6.07) is 8.91. The van der Waals surface area contributed by atoms with Crippen molar-refractivity contribution in [2.45, 2.75) is 50.9 Å². The van der Waals surface area contributed by atoms with Crippen LogP contribution in [0.1, 0.15) is 32.1 Å². The SMILES string of the molecule is CCOC(=O)CCNP(=O)(OCC(=O)OCc1ccccc1)OC[C@H]1O[C@@H](n2cnc3c(OC)nc(N)nc32)[C@@](C)(O)C1O. The second-order valence-corrected chi connectivity index (χ2v) is 11.6. The molecule has 5 atom stereocenters. The van der Waals surface area contributed by atoms with Crippen molar-refractivity contribution in [3.8, 4) is 5.88 Å². The van der Waals surface area contributed by atoms with Gasteiger partial charge in [-0.2, -0.15) is 9.97 Å². The normalized spacial score (nSPS) is 22.9. The molecule has 240 valence electrons. The molecule has 0 bridgehead atoms. The van der Waals surface area contributed by atoms with Gasteiger partial charge in [0, 0.05) is 6.54 Å². The molecule has 0 spiro atoms. The number of hydrogen-bond donors (Lipinski definition) is 4. The molecular formula is C26H35N6O11P. The number of rotatable bonds is 15. The van der Waals surface area contributed by atoms with Gasteiger partial charge in [-0.25, -0.2) is 19.4 Å². The van der Waals surface area contributed by atoms with Crippen LogP contribution in [0.2, 0.25) is 0 Å². The van der Waals surface area contributed by atoms with Crippen LogP contribution in [-0.2, 0) is 44.0 Å². The van der Waals surface area contributed by atoms with Gasteiger partial charge in [-0.15, -0.1) is 0 Å². The van der Waals surface area contributed by atoms with Crippen molar-refractivity contribution in [1.82, 2.24) is 24.6 Å². The van der Waals surface area contributed by atoms with Crippen molar-refractivity contribution in [2.75, 3.05) is 39.2 Å². The van der Waals surface area contributed by atoms with E-state index in [-0.39, 0.29) is 49.2 Å². The van der Waals surface area contributed by atoms with Crippen LogP contribution in [0.4, 0.5) is 5.95 Å². The first-order chi connectivity index (χ1) is 21.0. The maximum Gasteiger partial charge on any atom is 0.406 e. The fraction of sp³-hybridized carbons (Fsp3) is 0.500. The largest absolute Gasteiger partial charge is 0.479 e. The van der Waals surface area contributed by atoms with Gasteiger partial charge in [0.15, 0.2) is 24.0 Å². The number of nitrogens with two attached hydrogens (primary N) is 1. The quantitative estimate of drug-likeness (QED) is 0.134. The fourth-order valence-electron chi connectivity index (χ4n) is 4.34. The third-order valence-corrected chi connectivity index (χ3v) is 8.12. The number of benzene rings is 1. The summed E-state index contributed by atoms with van der Waals surface area (Å²) in [5, 5.41) is 24.7. The zero-order chi connectivity index (χ0) is 31.9. The van der Waals surface area contributed by atoms with E-state index in [1.807, 2.05) is 6.07 Å². The number of aromatic nitrogens is 4. The van der Waals surface area contributed by atoms with E-state index >= 15 is 0 Å². The minimum atomic E-state index is -4.31. The summed E-state index contributed by atoms with van der Waals surface area (Å²) in [6.07, 6.45) is -2.93. The molecule has 5 N–H and O–H groups in total. The Morgan fingerprint density at radius 3 is 2.64 bits per heavy atom. The molecule has 2 unspecified atom stereocenters. The van der Waals surface area contributed by atoms with Crippen LogP contribution in [0.15, 0.2) is 36.7 Å². The highest BCUT2D eigenvalue weighted by molar-refractivity contribution is 7.51. The number of carbonyl (C=O) groups excluding carboxylic acids is 2. The van der Waals surface area contributed by atoms with Crippen LogP contribution in [-0.4, -0.2) is 93.0 Å². The first-order valence-corrected chi connectivity index (χ1v) is 15.1. The molecule has 0 radical (unpaired) electrons. The molecular weight excluding hydrogens is 603 g/mol. The molecule has 1 saturated heterocycles. The van der Waals surface area contributed by atoms with Crippen LogP contribution < -0.4 is 15.6 Å². The number of carbonyl (C=O) groups is 2. The number of esters is 2. The zero-order valence-electron chi connectivity index (χ0n) is 24.3. The average molecular weight is 639 g/mol. The van der Waals surface area contributed by atoms with Crippen molar-refractivity contribution in [3.63, 3.8) is 0 Å². The van der Waals surface area contributed by atoms with Crippen molar-refractivity contribution >= 4 is 36.8 Å². The predicted molar refractivity (Wildman–Crippen MR) is 152 cm³/mol. The highest BCUT2D eigenvalue weighted by Crippen LogP contribution is 2.46. The van der Waals surface area contributed by atoms with E-state index < -0.39 is 56.9 Å². The minimum Gasteiger partial charge on any atom is -0.479 e. The maximum absolute atomic E-state index is 13.6. The van der Waals surface area contributed by atoms with Crippen molar-refractivity contribution < 1.29 is 52.4 Å². The zero-order valence-corrected chi connectivity index (χ0v) is 25.2. The van der Waals surface area contributed by atoms with E-state index in [0.29, 0.717) is 0 Å². The van der Waals surface area contributed by atoms with E-state index in [0.717, 1.165) is 5.56 Å². The Bertz CT molecular complexity index is 1490. The second kappa shape index (κ2) is 14.4. The number of nitrogen functional groups attached to an aromatic ring is 1. The summed E-state index contributed by atoms with van der Waals surface area (Å²) in [7, 11) is -2.93. The van der Waals surface area contributed by atoms with E-state index in [9.17, 15) is 24.4 Å². The number of anilines is 1. The highest BCUT2D eigenvalue weighted by atomic mass is 31.2. The number of aliphatic hydroxyl groups excluding tert-OH is 1. The molecule has 1 aliphatic rings. The molecule has 3 aromatic rings. The van der Waals surface area contributed by atoms with E-state index in [1.54, 1.807) is 31.2 Å². The highest BCUT2D eigenvalue weighted by Gasteiger charge is 2.54. The number of nitrogens with zero attached hydrogens (tertiary/aromatic N) is 4. The number of hydrogen-bond acceptors (Lipinski definition) is 15. The molecule has 0 saturated carbocycles. The summed E-state index contributed by atoms with van der Waals surface area (Å²) in [5.41, 5.74) is 5.00. The van der Waals surface area contributed by atoms with Gasteiger partial charge >= 0.3 is 19.7 Å². The van der Waals surface area contributed by atoms with Crippen molar-refractivity contribution in [3.05, 3.63) is 42.2 Å². The smallest absolute Gasteiger partial charge is 0.406 e. The lowest BCUT2D eigenvalue weighted by Crippen LogP contribution is -2.44. The molecule has 44 heavy (non-hydrogen) atoms. The lowest BCUT2D eigenvalue weighted by molar-refractivity contribution is -0.148. The van der Waals surface area contributed by atoms with Crippen LogP contribution in [0.5, 0.6) is 5.88 Å². The molecule has 3 heterocycles. The standard InChI is InChI=1S/C26H35N6O11P/c1-4-39-18(33)10-11-29-44(37,42-14-19(34)40-12-16-8-6-5-7-9-16)41-13-17-21(35)26(2,36)24(43-17)32-15-28-20-22(32)30-25(27)31-23(20)38-3/h5-9,15,17,21,24,35-36H,4,10-14H2,1-3H3,(H,29,37)(H2,27,30,31)/t17-,21?,24-,26+,44?/m1/s1. The monoisotopic (exact) mass is 638 g/mol. The van der Waals surface area contributed by atoms with Crippen LogP contribution in [0, 0.1) is 0 Å². The minimum absolute atomic E-state index is 0.0333. The molecule has 0 aliphatic carbocycles. The number of aliphatic hydroxyl groups is 2. The Kier molecular flexibility index (Phi) is 10.9. The maximum atomic E-state index is 13.6. The first kappa shape index (κ1) is 33.2. The Balaban J connectivity index is 1.44. The summed E-state index contributed by atoms with van der Waals surface area (Å²) < 4.78 is 46.9. The number of methoxy groups -OCH3 is 1. The van der Waals surface area contributed by atoms with Gasteiger partial charge in [0.25, 0.3) is 0 Å². The Morgan fingerprint density at radius 1 is 1.18 bits per heavy atom. The Morgan fingerprint density at radius 2 is 1.93 bits per heavy atom. The second-order valence-electron chi connectivity index (χ2n) is 9.79. The van der Waals surface area contributed by atoms with Crippen LogP contribution >= 0.6 is 7.75 Å². The number of ether oxygens (including phenoxy) is 4. The van der Waals surface area contributed by atoms with E-state index in [2.05, 4.69) is 20.0 Å². The fourth-order valence-corrected chi connectivity index (χ4v) is 5.61. The van der Waals surface area contributed by atoms with Gasteiger partial charge in [0.2, 0.25) is 11.8 Å². The van der Waals surface area contributed by atoms with Gasteiger partial charge in [0.05, 0.1) is 33.1 Å². The first-order valence-electron chi connectivity index (χ1n) is 13.6. The molecule has 1 aromatic carbocycles. The molecule has 0 amide bonds. The van der Waals surface area contributed by atoms with Gasteiger partial charge in [-0.1, -0.05) is 30.3 Å². The summed E-state index contributed by atoms with van der Waals surface area (Å²) >= 11 is 0. The molecule has 18 heteroatoms.